The van der Waals surface area contributed by atoms with Crippen molar-refractivity contribution in [2.24, 2.45) is 34.5 Å². The molecular weight excluding hydrogens is 315 g/mol. The molecule has 140 valence electrons. The Morgan fingerprint density at radius 2 is 2.00 bits per heavy atom. The van der Waals surface area contributed by atoms with Crippen LogP contribution in [0.1, 0.15) is 64.7 Å². The van der Waals surface area contributed by atoms with E-state index in [0.29, 0.717) is 24.2 Å². The van der Waals surface area contributed by atoms with Gasteiger partial charge in [0.25, 0.3) is 0 Å². The highest BCUT2D eigenvalue weighted by Gasteiger charge is 2.76. The maximum Gasteiger partial charge on any atom is 0.129 e. The van der Waals surface area contributed by atoms with E-state index in [-0.39, 0.29) is 16.9 Å². The zero-order chi connectivity index (χ0) is 17.4. The molecule has 5 rings (SSSR count). The maximum absolute atomic E-state index is 14.6. The van der Waals surface area contributed by atoms with Gasteiger partial charge < -0.3 is 9.84 Å². The largest absolute Gasteiger partial charge is 0.387 e. The highest BCUT2D eigenvalue weighted by Crippen LogP contribution is 2.79. The smallest absolute Gasteiger partial charge is 0.129 e. The molecule has 5 aliphatic carbocycles. The van der Waals surface area contributed by atoms with Crippen molar-refractivity contribution in [1.29, 1.82) is 0 Å². The number of alkyl halides is 1. The molecule has 25 heavy (non-hydrogen) atoms. The number of ether oxygens (including phenoxy) is 1. The molecule has 0 radical (unpaired) electrons. The Balaban J connectivity index is 1.39. The van der Waals surface area contributed by atoms with E-state index in [4.69, 9.17) is 4.74 Å². The molecule has 5 aliphatic rings. The topological polar surface area (TPSA) is 29.5 Å². The van der Waals surface area contributed by atoms with Gasteiger partial charge in [0.2, 0.25) is 0 Å². The Morgan fingerprint density at radius 1 is 1.24 bits per heavy atom. The molecular formula is C22H33FO2. The molecule has 0 aromatic rings. The predicted molar refractivity (Wildman–Crippen MR) is 95.8 cm³/mol. The standard InChI is InChI=1S/C22H33FO2/c1-21(11-15(21)8-7-13-5-3-4-6-13)20-19(25-2)18(24)17(23)12-22(20)10-14-9-16(14)22/h7,14-20,24H,3-6,8-12H2,1-2H3/t14-,15+,16-,17+,18-,19-,20-,21+,22?/m1/s1. The summed E-state index contributed by atoms with van der Waals surface area (Å²) in [5, 5.41) is 10.5. The third-order valence-electron chi connectivity index (χ3n) is 8.91. The van der Waals surface area contributed by atoms with Gasteiger partial charge in [-0.15, -0.1) is 0 Å². The monoisotopic (exact) mass is 348 g/mol. The lowest BCUT2D eigenvalue weighted by Crippen LogP contribution is -2.61. The molecule has 1 spiro atoms. The normalized spacial score (nSPS) is 56.5. The number of fused-ring (bicyclic) bond motifs is 2. The average molecular weight is 349 g/mol. The predicted octanol–water partition coefficient (Wildman–Crippen LogP) is 4.66. The lowest BCUT2D eigenvalue weighted by molar-refractivity contribution is -0.199. The summed E-state index contributed by atoms with van der Waals surface area (Å²) >= 11 is 0. The molecule has 0 amide bonds. The SMILES string of the molecule is CO[C@@H]1[C@H](O)[C@@H](F)CC2(C[C@H]3C[C@H]32)[C@H]1[C@@]1(C)C[C@@H]1CC=C1CCCC1. The van der Waals surface area contributed by atoms with E-state index >= 15 is 0 Å². The Labute approximate surface area is 151 Å². The third-order valence-corrected chi connectivity index (χ3v) is 8.91. The van der Waals surface area contributed by atoms with E-state index in [9.17, 15) is 9.50 Å². The number of hydrogen-bond donors (Lipinski definition) is 1. The fraction of sp³-hybridized carbons (Fsp3) is 0.909. The molecule has 0 aromatic heterocycles. The van der Waals surface area contributed by atoms with Gasteiger partial charge in [0, 0.05) is 7.11 Å². The molecule has 0 heterocycles. The van der Waals surface area contributed by atoms with Crippen molar-refractivity contribution in [3.05, 3.63) is 11.6 Å². The number of hydrogen-bond acceptors (Lipinski definition) is 2. The van der Waals surface area contributed by atoms with Crippen LogP contribution in [0.15, 0.2) is 11.6 Å². The van der Waals surface area contributed by atoms with E-state index in [2.05, 4.69) is 13.0 Å². The van der Waals surface area contributed by atoms with Gasteiger partial charge in [-0.3, -0.25) is 0 Å². The zero-order valence-corrected chi connectivity index (χ0v) is 15.7. The second kappa shape index (κ2) is 5.55. The Bertz CT molecular complexity index is 581. The summed E-state index contributed by atoms with van der Waals surface area (Å²) in [7, 11) is 1.68. The molecule has 0 bridgehead atoms. The van der Waals surface area contributed by atoms with Crippen molar-refractivity contribution >= 4 is 0 Å². The highest BCUT2D eigenvalue weighted by molar-refractivity contribution is 5.25. The summed E-state index contributed by atoms with van der Waals surface area (Å²) in [5.41, 5.74) is 2.00. The van der Waals surface area contributed by atoms with Gasteiger partial charge in [-0.05, 0) is 92.3 Å². The van der Waals surface area contributed by atoms with E-state index in [1.807, 2.05) is 0 Å². The van der Waals surface area contributed by atoms with Gasteiger partial charge in [-0.2, -0.15) is 0 Å². The Kier molecular flexibility index (Phi) is 3.71. The van der Waals surface area contributed by atoms with Crippen LogP contribution in [0.3, 0.4) is 0 Å². The first-order valence-corrected chi connectivity index (χ1v) is 10.5. The van der Waals surface area contributed by atoms with Crippen LogP contribution in [-0.2, 0) is 4.74 Å². The van der Waals surface area contributed by atoms with Crippen LogP contribution in [0.25, 0.3) is 0 Å². The van der Waals surface area contributed by atoms with Crippen molar-refractivity contribution in [2.45, 2.75) is 83.1 Å². The molecule has 2 nitrogen and oxygen atoms in total. The van der Waals surface area contributed by atoms with E-state index in [1.165, 1.54) is 51.4 Å². The lowest BCUT2D eigenvalue weighted by Gasteiger charge is -2.58. The van der Waals surface area contributed by atoms with Crippen molar-refractivity contribution in [2.75, 3.05) is 7.11 Å². The van der Waals surface area contributed by atoms with E-state index in [0.717, 1.165) is 5.92 Å². The van der Waals surface area contributed by atoms with Crippen LogP contribution in [0.5, 0.6) is 0 Å². The van der Waals surface area contributed by atoms with Crippen molar-refractivity contribution in [3.8, 4) is 0 Å². The zero-order valence-electron chi connectivity index (χ0n) is 15.7. The van der Waals surface area contributed by atoms with Crippen LogP contribution in [-0.4, -0.2) is 30.6 Å². The van der Waals surface area contributed by atoms with Crippen LogP contribution >= 0.6 is 0 Å². The van der Waals surface area contributed by atoms with Gasteiger partial charge in [0.1, 0.15) is 12.3 Å². The Hall–Kier alpha value is -0.410. The van der Waals surface area contributed by atoms with Gasteiger partial charge >= 0.3 is 0 Å². The fourth-order valence-electron chi connectivity index (χ4n) is 7.44. The quantitative estimate of drug-likeness (QED) is 0.749. The second-order valence-electron chi connectivity index (χ2n) is 10.1. The van der Waals surface area contributed by atoms with Crippen LogP contribution < -0.4 is 0 Å². The number of aliphatic hydroxyl groups is 1. The Morgan fingerprint density at radius 3 is 2.60 bits per heavy atom. The van der Waals surface area contributed by atoms with Crippen LogP contribution in [0.2, 0.25) is 0 Å². The van der Waals surface area contributed by atoms with Gasteiger partial charge in [0.15, 0.2) is 0 Å². The van der Waals surface area contributed by atoms with Crippen LogP contribution in [0.4, 0.5) is 4.39 Å². The number of methoxy groups -OCH3 is 1. The summed E-state index contributed by atoms with van der Waals surface area (Å²) in [5.74, 6) is 2.60. The first-order valence-electron chi connectivity index (χ1n) is 10.5. The number of allylic oxidation sites excluding steroid dienone is 2. The molecule has 0 aromatic carbocycles. The van der Waals surface area contributed by atoms with Gasteiger partial charge in [0.05, 0.1) is 6.10 Å². The molecule has 3 heteroatoms. The molecule has 5 fully saturated rings. The highest BCUT2D eigenvalue weighted by atomic mass is 19.1. The summed E-state index contributed by atoms with van der Waals surface area (Å²) < 4.78 is 20.4. The number of aliphatic hydroxyl groups excluding tert-OH is 1. The summed E-state index contributed by atoms with van der Waals surface area (Å²) in [6, 6.07) is 0. The maximum atomic E-state index is 14.6. The van der Waals surface area contributed by atoms with E-state index < -0.39 is 12.3 Å². The number of halogens is 1. The molecule has 1 N–H and O–H groups in total. The first-order chi connectivity index (χ1) is 12.0. The molecule has 0 saturated heterocycles. The minimum atomic E-state index is -1.11. The third kappa shape index (κ3) is 2.34. The average Bonchev–Trinajstić information content (AvgIpc) is 3.36. The van der Waals surface area contributed by atoms with Gasteiger partial charge in [-0.25, -0.2) is 4.39 Å². The van der Waals surface area contributed by atoms with Crippen molar-refractivity contribution in [1.82, 2.24) is 0 Å². The molecule has 5 saturated carbocycles. The van der Waals surface area contributed by atoms with Crippen LogP contribution in [0, 0.1) is 34.5 Å². The first kappa shape index (κ1) is 16.7. The molecule has 9 atom stereocenters. The second-order valence-corrected chi connectivity index (χ2v) is 10.1. The summed E-state index contributed by atoms with van der Waals surface area (Å²) in [4.78, 5) is 0. The minimum absolute atomic E-state index is 0.119. The molecule has 0 aliphatic heterocycles. The molecule has 1 unspecified atom stereocenters. The number of rotatable bonds is 4. The van der Waals surface area contributed by atoms with E-state index in [1.54, 1.807) is 12.7 Å². The van der Waals surface area contributed by atoms with Gasteiger partial charge in [-0.1, -0.05) is 18.6 Å². The summed E-state index contributed by atoms with van der Waals surface area (Å²) in [6.07, 6.45) is 10.9. The summed E-state index contributed by atoms with van der Waals surface area (Å²) in [6.45, 7) is 2.41. The fourth-order valence-corrected chi connectivity index (χ4v) is 7.44. The lowest BCUT2D eigenvalue weighted by atomic mass is 9.49. The van der Waals surface area contributed by atoms with Crippen molar-refractivity contribution in [3.63, 3.8) is 0 Å². The minimum Gasteiger partial charge on any atom is -0.387 e. The van der Waals surface area contributed by atoms with Crippen molar-refractivity contribution < 1.29 is 14.2 Å².